The number of rotatable bonds is 7. The highest BCUT2D eigenvalue weighted by molar-refractivity contribution is 7.98. The SMILES string of the molecule is CCCCc1noc([C@@H](C)SCc2cc(C)no2)n1. The Morgan fingerprint density at radius 3 is 2.84 bits per heavy atom. The first-order valence-electron chi connectivity index (χ1n) is 6.55. The number of aryl methyl sites for hydroxylation is 2. The second kappa shape index (κ2) is 6.75. The van der Waals surface area contributed by atoms with Crippen LogP contribution in [-0.4, -0.2) is 15.3 Å². The van der Waals surface area contributed by atoms with Crippen LogP contribution in [0.3, 0.4) is 0 Å². The van der Waals surface area contributed by atoms with Gasteiger partial charge in [-0.2, -0.15) is 4.98 Å². The van der Waals surface area contributed by atoms with E-state index in [1.165, 1.54) is 0 Å². The third-order valence-corrected chi connectivity index (χ3v) is 3.89. The second-order valence-electron chi connectivity index (χ2n) is 4.54. The Hall–Kier alpha value is -1.30. The highest BCUT2D eigenvalue weighted by Crippen LogP contribution is 2.30. The summed E-state index contributed by atoms with van der Waals surface area (Å²) in [5, 5.41) is 8.02. The van der Waals surface area contributed by atoms with Crippen molar-refractivity contribution >= 4 is 11.8 Å². The first kappa shape index (κ1) is 14.1. The molecule has 6 heteroatoms. The van der Waals surface area contributed by atoms with Gasteiger partial charge in [0.05, 0.1) is 16.7 Å². The molecule has 19 heavy (non-hydrogen) atoms. The van der Waals surface area contributed by atoms with Crippen molar-refractivity contribution in [1.82, 2.24) is 15.3 Å². The zero-order valence-corrected chi connectivity index (χ0v) is 12.4. The average molecular weight is 281 g/mol. The Morgan fingerprint density at radius 1 is 1.32 bits per heavy atom. The summed E-state index contributed by atoms with van der Waals surface area (Å²) in [6, 6.07) is 1.94. The van der Waals surface area contributed by atoms with E-state index in [2.05, 4.69) is 29.1 Å². The molecule has 0 unspecified atom stereocenters. The first-order valence-corrected chi connectivity index (χ1v) is 7.60. The number of hydrogen-bond acceptors (Lipinski definition) is 6. The molecule has 0 aromatic carbocycles. The molecule has 0 spiro atoms. The molecule has 104 valence electrons. The van der Waals surface area contributed by atoms with Crippen LogP contribution in [-0.2, 0) is 12.2 Å². The second-order valence-corrected chi connectivity index (χ2v) is 5.87. The minimum Gasteiger partial charge on any atom is -0.360 e. The van der Waals surface area contributed by atoms with Gasteiger partial charge in [-0.3, -0.25) is 0 Å². The molecule has 0 saturated heterocycles. The summed E-state index contributed by atoms with van der Waals surface area (Å²) in [4.78, 5) is 4.42. The first-order chi connectivity index (χ1) is 9.19. The monoisotopic (exact) mass is 281 g/mol. The van der Waals surface area contributed by atoms with Gasteiger partial charge in [0.2, 0.25) is 5.89 Å². The van der Waals surface area contributed by atoms with Gasteiger partial charge in [-0.1, -0.05) is 23.7 Å². The molecule has 0 N–H and O–H groups in total. The lowest BCUT2D eigenvalue weighted by molar-refractivity contribution is 0.373. The maximum absolute atomic E-state index is 5.29. The molecule has 0 fully saturated rings. The van der Waals surface area contributed by atoms with Crippen LogP contribution >= 0.6 is 11.8 Å². The molecule has 1 atom stereocenters. The van der Waals surface area contributed by atoms with Crippen molar-refractivity contribution in [2.45, 2.75) is 51.0 Å². The van der Waals surface area contributed by atoms with Crippen LogP contribution in [0.1, 0.15) is 55.1 Å². The van der Waals surface area contributed by atoms with Crippen LogP contribution in [0.15, 0.2) is 15.1 Å². The Labute approximate surface area is 117 Å². The minimum absolute atomic E-state index is 0.160. The van der Waals surface area contributed by atoms with E-state index < -0.39 is 0 Å². The predicted molar refractivity (Wildman–Crippen MR) is 73.9 cm³/mol. The van der Waals surface area contributed by atoms with E-state index in [1.54, 1.807) is 11.8 Å². The van der Waals surface area contributed by atoms with Crippen LogP contribution in [0.5, 0.6) is 0 Å². The smallest absolute Gasteiger partial charge is 0.239 e. The van der Waals surface area contributed by atoms with Crippen molar-refractivity contribution < 1.29 is 9.05 Å². The Balaban J connectivity index is 1.85. The van der Waals surface area contributed by atoms with Gasteiger partial charge in [0.25, 0.3) is 0 Å². The van der Waals surface area contributed by atoms with E-state index in [-0.39, 0.29) is 5.25 Å². The molecule has 5 nitrogen and oxygen atoms in total. The molecule has 0 aliphatic rings. The number of aromatic nitrogens is 3. The van der Waals surface area contributed by atoms with Crippen LogP contribution in [0, 0.1) is 6.92 Å². The van der Waals surface area contributed by atoms with Gasteiger partial charge in [-0.15, -0.1) is 11.8 Å². The van der Waals surface area contributed by atoms with E-state index in [9.17, 15) is 0 Å². The van der Waals surface area contributed by atoms with Crippen molar-refractivity contribution in [2.24, 2.45) is 0 Å². The maximum Gasteiger partial charge on any atom is 0.239 e. The Morgan fingerprint density at radius 2 is 2.16 bits per heavy atom. The summed E-state index contributed by atoms with van der Waals surface area (Å²) < 4.78 is 10.5. The van der Waals surface area contributed by atoms with Crippen LogP contribution < -0.4 is 0 Å². The van der Waals surface area contributed by atoms with Gasteiger partial charge < -0.3 is 9.05 Å². The largest absolute Gasteiger partial charge is 0.360 e. The fraction of sp³-hybridized carbons (Fsp3) is 0.615. The number of thioether (sulfide) groups is 1. The lowest BCUT2D eigenvalue weighted by Crippen LogP contribution is -1.92. The van der Waals surface area contributed by atoms with Crippen LogP contribution in [0.25, 0.3) is 0 Å². The van der Waals surface area contributed by atoms with Crippen molar-refractivity contribution in [1.29, 1.82) is 0 Å². The van der Waals surface area contributed by atoms with E-state index in [4.69, 9.17) is 9.05 Å². The van der Waals surface area contributed by atoms with Crippen molar-refractivity contribution in [3.05, 3.63) is 29.2 Å². The van der Waals surface area contributed by atoms with Gasteiger partial charge in [0, 0.05) is 12.5 Å². The summed E-state index contributed by atoms with van der Waals surface area (Å²) in [5.41, 5.74) is 0.905. The van der Waals surface area contributed by atoms with Crippen molar-refractivity contribution in [2.75, 3.05) is 0 Å². The lowest BCUT2D eigenvalue weighted by Gasteiger charge is -2.03. The van der Waals surface area contributed by atoms with E-state index >= 15 is 0 Å². The Kier molecular flexibility index (Phi) is 5.01. The predicted octanol–water partition coefficient (Wildman–Crippen LogP) is 3.70. The van der Waals surface area contributed by atoms with Gasteiger partial charge >= 0.3 is 0 Å². The molecule has 0 amide bonds. The number of hydrogen-bond donors (Lipinski definition) is 0. The summed E-state index contributed by atoms with van der Waals surface area (Å²) in [7, 11) is 0. The molecular formula is C13H19N3O2S. The van der Waals surface area contributed by atoms with Crippen LogP contribution in [0.4, 0.5) is 0 Å². The fourth-order valence-corrected chi connectivity index (χ4v) is 2.42. The van der Waals surface area contributed by atoms with E-state index in [1.807, 2.05) is 13.0 Å². The van der Waals surface area contributed by atoms with Gasteiger partial charge in [-0.25, -0.2) is 0 Å². The van der Waals surface area contributed by atoms with Crippen molar-refractivity contribution in [3.8, 4) is 0 Å². The summed E-state index contributed by atoms with van der Waals surface area (Å²) >= 11 is 1.70. The zero-order valence-electron chi connectivity index (χ0n) is 11.5. The fourth-order valence-electron chi connectivity index (χ4n) is 1.63. The molecule has 0 aliphatic carbocycles. The van der Waals surface area contributed by atoms with Gasteiger partial charge in [0.1, 0.15) is 5.76 Å². The van der Waals surface area contributed by atoms with Gasteiger partial charge in [0.15, 0.2) is 5.82 Å². The molecule has 2 heterocycles. The summed E-state index contributed by atoms with van der Waals surface area (Å²) in [5.74, 6) is 3.13. The van der Waals surface area contributed by atoms with Gasteiger partial charge in [-0.05, 0) is 20.3 Å². The molecule has 0 bridgehead atoms. The lowest BCUT2D eigenvalue weighted by atomic mass is 10.2. The van der Waals surface area contributed by atoms with E-state index in [0.717, 1.165) is 42.3 Å². The zero-order chi connectivity index (χ0) is 13.7. The van der Waals surface area contributed by atoms with E-state index in [0.29, 0.717) is 5.89 Å². The quantitative estimate of drug-likeness (QED) is 0.771. The van der Waals surface area contributed by atoms with Crippen molar-refractivity contribution in [3.63, 3.8) is 0 Å². The third-order valence-electron chi connectivity index (χ3n) is 2.74. The maximum atomic E-state index is 5.29. The number of unbranched alkanes of at least 4 members (excludes halogenated alkanes) is 1. The standard InChI is InChI=1S/C13H19N3O2S/c1-4-5-6-12-14-13(18-16-12)10(3)19-8-11-7-9(2)15-17-11/h7,10H,4-6,8H2,1-3H3/t10-/m1/s1. The molecule has 2 rings (SSSR count). The molecule has 2 aromatic rings. The highest BCUT2D eigenvalue weighted by atomic mass is 32.2. The number of nitrogens with zero attached hydrogens (tertiary/aromatic N) is 3. The summed E-state index contributed by atoms with van der Waals surface area (Å²) in [6.07, 6.45) is 3.12. The molecule has 0 saturated carbocycles. The summed E-state index contributed by atoms with van der Waals surface area (Å²) in [6.45, 7) is 6.13. The molecule has 0 aliphatic heterocycles. The highest BCUT2D eigenvalue weighted by Gasteiger charge is 2.15. The topological polar surface area (TPSA) is 65.0 Å². The van der Waals surface area contributed by atoms with Crippen LogP contribution in [0.2, 0.25) is 0 Å². The Bertz CT molecular complexity index is 509. The molecular weight excluding hydrogens is 262 g/mol. The minimum atomic E-state index is 0.160. The molecule has 0 radical (unpaired) electrons. The average Bonchev–Trinajstić information content (AvgIpc) is 3.02. The molecule has 2 aromatic heterocycles. The normalized spacial score (nSPS) is 12.8. The third kappa shape index (κ3) is 4.09.